The summed E-state index contributed by atoms with van der Waals surface area (Å²) in [4.78, 5) is 41.7. The van der Waals surface area contributed by atoms with E-state index in [-0.39, 0.29) is 30.4 Å². The van der Waals surface area contributed by atoms with E-state index in [1.54, 1.807) is 11.9 Å². The number of rotatable bonds is 8. The average Bonchev–Trinajstić information content (AvgIpc) is 3.32. The molecule has 0 aromatic rings. The summed E-state index contributed by atoms with van der Waals surface area (Å²) in [6.07, 6.45) is 8.82. The van der Waals surface area contributed by atoms with Gasteiger partial charge in [-0.25, -0.2) is 0 Å². The maximum absolute atomic E-state index is 13.7. The van der Waals surface area contributed by atoms with Gasteiger partial charge in [-0.3, -0.25) is 14.4 Å². The number of amides is 3. The lowest BCUT2D eigenvalue weighted by molar-refractivity contribution is -0.146. The summed E-state index contributed by atoms with van der Waals surface area (Å²) in [5.41, 5.74) is -1.65. The molecule has 2 bridgehead atoms. The van der Waals surface area contributed by atoms with Crippen molar-refractivity contribution in [2.45, 2.75) is 94.4 Å². The lowest BCUT2D eigenvalue weighted by Gasteiger charge is -2.35. The molecule has 3 heterocycles. The van der Waals surface area contributed by atoms with Crippen molar-refractivity contribution >= 4 is 17.7 Å². The molecule has 3 N–H and O–H groups in total. The van der Waals surface area contributed by atoms with E-state index in [4.69, 9.17) is 9.84 Å². The number of nitrogens with zero attached hydrogens (tertiary/aromatic N) is 1. The number of hydrogen-bond donors (Lipinski definition) is 3. The van der Waals surface area contributed by atoms with Crippen LogP contribution in [0.4, 0.5) is 0 Å². The van der Waals surface area contributed by atoms with Crippen molar-refractivity contribution in [2.75, 3.05) is 20.2 Å². The first kappa shape index (κ1) is 22.5. The van der Waals surface area contributed by atoms with E-state index in [9.17, 15) is 14.4 Å². The van der Waals surface area contributed by atoms with Gasteiger partial charge in [0.1, 0.15) is 11.6 Å². The third kappa shape index (κ3) is 3.65. The Morgan fingerprint density at radius 3 is 2.55 bits per heavy atom. The molecule has 4 fully saturated rings. The van der Waals surface area contributed by atoms with Gasteiger partial charge < -0.3 is 25.4 Å². The third-order valence-corrected chi connectivity index (χ3v) is 8.06. The molecule has 8 nitrogen and oxygen atoms in total. The van der Waals surface area contributed by atoms with Crippen LogP contribution in [-0.4, -0.2) is 71.2 Å². The summed E-state index contributed by atoms with van der Waals surface area (Å²) in [6.45, 7) is 2.47. The topological polar surface area (TPSA) is 108 Å². The van der Waals surface area contributed by atoms with E-state index in [1.165, 1.54) is 6.42 Å². The van der Waals surface area contributed by atoms with Crippen molar-refractivity contribution in [3.63, 3.8) is 0 Å². The first-order valence-corrected chi connectivity index (χ1v) is 12.0. The van der Waals surface area contributed by atoms with Crippen molar-refractivity contribution in [1.29, 1.82) is 0 Å². The van der Waals surface area contributed by atoms with Gasteiger partial charge in [-0.2, -0.15) is 0 Å². The van der Waals surface area contributed by atoms with Crippen LogP contribution in [0.15, 0.2) is 0 Å². The summed E-state index contributed by atoms with van der Waals surface area (Å²) in [6, 6.07) is -0.551. The molecular formula is C23H37N3O5. The molecule has 5 atom stereocenters. The Kier molecular flexibility index (Phi) is 6.32. The third-order valence-electron chi connectivity index (χ3n) is 8.06. The summed E-state index contributed by atoms with van der Waals surface area (Å²) in [5.74, 6) is -1.65. The normalized spacial score (nSPS) is 37.2. The molecule has 31 heavy (non-hydrogen) atoms. The van der Waals surface area contributed by atoms with Gasteiger partial charge in [-0.05, 0) is 51.9 Å². The van der Waals surface area contributed by atoms with Crippen molar-refractivity contribution in [3.05, 3.63) is 0 Å². The monoisotopic (exact) mass is 435 g/mol. The predicted octanol–water partition coefficient (Wildman–Crippen LogP) is 1.11. The highest BCUT2D eigenvalue weighted by Crippen LogP contribution is 2.63. The van der Waals surface area contributed by atoms with Crippen LogP contribution in [0.1, 0.15) is 71.1 Å². The summed E-state index contributed by atoms with van der Waals surface area (Å²) < 4.78 is 6.53. The molecule has 1 aliphatic carbocycles. The minimum Gasteiger partial charge on any atom is -0.396 e. The Morgan fingerprint density at radius 2 is 1.87 bits per heavy atom. The van der Waals surface area contributed by atoms with Gasteiger partial charge in [0.25, 0.3) is 0 Å². The smallest absolute Gasteiger partial charge is 0.246 e. The van der Waals surface area contributed by atoms with Crippen LogP contribution in [-0.2, 0) is 19.1 Å². The van der Waals surface area contributed by atoms with E-state index < -0.39 is 29.1 Å². The Labute approximate surface area is 184 Å². The highest BCUT2D eigenvalue weighted by Gasteiger charge is 2.77. The average molecular weight is 436 g/mol. The Morgan fingerprint density at radius 1 is 1.13 bits per heavy atom. The maximum Gasteiger partial charge on any atom is 0.246 e. The SMILES string of the molecule is CNC(=O)[C@H]1[C@H]2C(=O)N(CCCCCO)C(C(=O)NC3CCCCC3)C23CC[C@]1(C)O3. The van der Waals surface area contributed by atoms with E-state index in [0.717, 1.165) is 32.1 Å². The molecule has 0 aromatic heterocycles. The first-order chi connectivity index (χ1) is 14.9. The quantitative estimate of drug-likeness (QED) is 0.495. The van der Waals surface area contributed by atoms with Crippen LogP contribution in [0.2, 0.25) is 0 Å². The minimum atomic E-state index is -0.932. The Hall–Kier alpha value is -1.67. The molecule has 0 aromatic carbocycles. The van der Waals surface area contributed by atoms with Gasteiger partial charge in [0.2, 0.25) is 17.7 Å². The number of carbonyl (C=O) groups excluding carboxylic acids is 3. The zero-order chi connectivity index (χ0) is 22.2. The van der Waals surface area contributed by atoms with Crippen molar-refractivity contribution in [2.24, 2.45) is 11.8 Å². The van der Waals surface area contributed by atoms with Crippen LogP contribution in [0.3, 0.4) is 0 Å². The second-order valence-corrected chi connectivity index (χ2v) is 10.0. The number of likely N-dealkylation sites (tertiary alicyclic amines) is 1. The van der Waals surface area contributed by atoms with Crippen LogP contribution in [0, 0.1) is 11.8 Å². The number of fused-ring (bicyclic) bond motifs is 1. The fraction of sp³-hybridized carbons (Fsp3) is 0.870. The van der Waals surface area contributed by atoms with Gasteiger partial charge >= 0.3 is 0 Å². The second kappa shape index (κ2) is 8.70. The Bertz CT molecular complexity index is 724. The molecule has 174 valence electrons. The Balaban J connectivity index is 1.62. The lowest BCUT2D eigenvalue weighted by atomic mass is 9.66. The van der Waals surface area contributed by atoms with Gasteiger partial charge in [0.05, 0.1) is 17.4 Å². The van der Waals surface area contributed by atoms with Crippen LogP contribution in [0.5, 0.6) is 0 Å². The predicted molar refractivity (Wildman–Crippen MR) is 114 cm³/mol. The molecular weight excluding hydrogens is 398 g/mol. The number of aliphatic hydroxyl groups is 1. The second-order valence-electron chi connectivity index (χ2n) is 10.0. The highest BCUT2D eigenvalue weighted by molar-refractivity contribution is 5.99. The number of ether oxygens (including phenoxy) is 1. The molecule has 2 unspecified atom stereocenters. The number of carbonyl (C=O) groups is 3. The molecule has 8 heteroatoms. The zero-order valence-corrected chi connectivity index (χ0v) is 18.8. The molecule has 4 rings (SSSR count). The van der Waals surface area contributed by atoms with Gasteiger partial charge in [-0.15, -0.1) is 0 Å². The fourth-order valence-corrected chi connectivity index (χ4v) is 6.62. The van der Waals surface area contributed by atoms with Crippen molar-refractivity contribution in [3.8, 4) is 0 Å². The van der Waals surface area contributed by atoms with E-state index in [1.807, 2.05) is 6.92 Å². The van der Waals surface area contributed by atoms with Crippen LogP contribution < -0.4 is 10.6 Å². The van der Waals surface area contributed by atoms with E-state index in [0.29, 0.717) is 32.2 Å². The molecule has 3 amide bonds. The lowest BCUT2D eigenvalue weighted by Crippen LogP contribution is -2.57. The van der Waals surface area contributed by atoms with Gasteiger partial charge in [-0.1, -0.05) is 19.3 Å². The number of nitrogens with one attached hydrogen (secondary N) is 2. The molecule has 0 radical (unpaired) electrons. The standard InChI is InChI=1S/C23H37N3O5/c1-22-11-12-23(31-22)17(16(22)19(28)24-2)21(30)26(13-7-4-8-14-27)18(23)20(29)25-15-9-5-3-6-10-15/h15-18,27H,3-14H2,1-2H3,(H,24,28)(H,25,29)/t16-,17+,18?,22+,23?/m1/s1. The van der Waals surface area contributed by atoms with Crippen LogP contribution in [0.25, 0.3) is 0 Å². The number of hydrogen-bond acceptors (Lipinski definition) is 5. The fourth-order valence-electron chi connectivity index (χ4n) is 6.62. The highest BCUT2D eigenvalue weighted by atomic mass is 16.5. The van der Waals surface area contributed by atoms with Crippen molar-refractivity contribution < 1.29 is 24.2 Å². The molecule has 3 saturated heterocycles. The number of unbranched alkanes of at least 4 members (excludes halogenated alkanes) is 2. The molecule has 1 spiro atoms. The number of aliphatic hydroxyl groups excluding tert-OH is 1. The summed E-state index contributed by atoms with van der Waals surface area (Å²) in [7, 11) is 1.59. The minimum absolute atomic E-state index is 0.117. The molecule has 3 aliphatic heterocycles. The first-order valence-electron chi connectivity index (χ1n) is 12.0. The van der Waals surface area contributed by atoms with Crippen molar-refractivity contribution in [1.82, 2.24) is 15.5 Å². The van der Waals surface area contributed by atoms with E-state index >= 15 is 0 Å². The maximum atomic E-state index is 13.7. The van der Waals surface area contributed by atoms with Gasteiger partial charge in [0.15, 0.2) is 0 Å². The summed E-state index contributed by atoms with van der Waals surface area (Å²) >= 11 is 0. The molecule has 4 aliphatic rings. The largest absolute Gasteiger partial charge is 0.396 e. The summed E-state index contributed by atoms with van der Waals surface area (Å²) in [5, 5.41) is 15.0. The van der Waals surface area contributed by atoms with E-state index in [2.05, 4.69) is 10.6 Å². The van der Waals surface area contributed by atoms with Gasteiger partial charge in [0, 0.05) is 26.2 Å². The zero-order valence-electron chi connectivity index (χ0n) is 18.8. The molecule has 1 saturated carbocycles. The van der Waals surface area contributed by atoms with Crippen LogP contribution >= 0.6 is 0 Å².